The Hall–Kier alpha value is -4.24. The van der Waals surface area contributed by atoms with Crippen molar-refractivity contribution in [2.75, 3.05) is 4.90 Å². The molecular formula is C22H12ClFN2O6. The molecule has 0 spiro atoms. The van der Waals surface area contributed by atoms with Crippen LogP contribution in [0.3, 0.4) is 0 Å². The van der Waals surface area contributed by atoms with Crippen molar-refractivity contribution >= 4 is 47.2 Å². The van der Waals surface area contributed by atoms with Crippen molar-refractivity contribution in [2.24, 2.45) is 0 Å². The quantitative estimate of drug-likeness (QED) is 0.452. The predicted molar refractivity (Wildman–Crippen MR) is 112 cm³/mol. The number of anilines is 1. The highest BCUT2D eigenvalue weighted by molar-refractivity contribution is 6.39. The minimum absolute atomic E-state index is 0.00665. The van der Waals surface area contributed by atoms with Crippen LogP contribution < -0.4 is 10.2 Å². The van der Waals surface area contributed by atoms with Crippen molar-refractivity contribution < 1.29 is 33.1 Å². The fraction of sp³-hybridized carbons (Fsp3) is 0. The number of carbonyl (C=O) groups excluding carboxylic acids is 3. The Morgan fingerprint density at radius 3 is 2.53 bits per heavy atom. The lowest BCUT2D eigenvalue weighted by Crippen LogP contribution is -2.54. The van der Waals surface area contributed by atoms with Gasteiger partial charge in [0.05, 0.1) is 16.3 Å². The number of rotatable bonds is 4. The number of nitrogens with zero attached hydrogens (tertiary/aromatic N) is 1. The van der Waals surface area contributed by atoms with E-state index in [-0.39, 0.29) is 22.0 Å². The number of imide groups is 2. The summed E-state index contributed by atoms with van der Waals surface area (Å²) < 4.78 is 19.8. The van der Waals surface area contributed by atoms with Gasteiger partial charge >= 0.3 is 12.0 Å². The Labute approximate surface area is 184 Å². The standard InChI is InChI=1S/C22H12ClFN2O6/c23-15-9-11(5-7-13(15)21(29)30)18-8-6-12(32-18)10-14-19(27)25-22(31)26(20(14)28)17-4-2-1-3-16(17)24/h1-10H,(H,29,30)(H,25,27,31). The fourth-order valence-corrected chi connectivity index (χ4v) is 3.34. The van der Waals surface area contributed by atoms with E-state index in [2.05, 4.69) is 0 Å². The summed E-state index contributed by atoms with van der Waals surface area (Å²) in [5.41, 5.74) is -0.353. The van der Waals surface area contributed by atoms with Crippen molar-refractivity contribution in [3.63, 3.8) is 0 Å². The van der Waals surface area contributed by atoms with E-state index in [1.54, 1.807) is 0 Å². The number of aromatic carboxylic acids is 1. The third-order valence-corrected chi connectivity index (χ3v) is 4.91. The number of carbonyl (C=O) groups is 4. The predicted octanol–water partition coefficient (Wildman–Crippen LogP) is 4.10. The summed E-state index contributed by atoms with van der Waals surface area (Å²) in [4.78, 5) is 48.8. The van der Waals surface area contributed by atoms with Crippen LogP contribution in [0.1, 0.15) is 16.1 Å². The summed E-state index contributed by atoms with van der Waals surface area (Å²) in [6.07, 6.45) is 1.12. The van der Waals surface area contributed by atoms with E-state index in [9.17, 15) is 23.6 Å². The molecule has 2 aromatic carbocycles. The summed E-state index contributed by atoms with van der Waals surface area (Å²) in [6, 6.07) is 11.3. The van der Waals surface area contributed by atoms with Gasteiger partial charge in [-0.3, -0.25) is 14.9 Å². The molecule has 2 N–H and O–H groups in total. The molecule has 10 heteroatoms. The van der Waals surface area contributed by atoms with E-state index in [0.717, 1.165) is 12.1 Å². The maximum Gasteiger partial charge on any atom is 0.337 e. The number of carboxylic acids is 1. The minimum Gasteiger partial charge on any atom is -0.478 e. The number of hydrogen-bond acceptors (Lipinski definition) is 5. The van der Waals surface area contributed by atoms with Crippen molar-refractivity contribution in [1.82, 2.24) is 5.32 Å². The molecule has 4 amide bonds. The first-order valence-electron chi connectivity index (χ1n) is 9.05. The molecule has 0 atom stereocenters. The van der Waals surface area contributed by atoms with Gasteiger partial charge in [0.1, 0.15) is 22.9 Å². The van der Waals surface area contributed by atoms with Crippen LogP contribution in [0.25, 0.3) is 17.4 Å². The van der Waals surface area contributed by atoms with Crippen LogP contribution in [0.15, 0.2) is 64.6 Å². The lowest BCUT2D eigenvalue weighted by Gasteiger charge is -2.26. The number of barbiturate groups is 1. The molecule has 1 fully saturated rings. The van der Waals surface area contributed by atoms with Gasteiger partial charge in [-0.25, -0.2) is 18.9 Å². The summed E-state index contributed by atoms with van der Waals surface area (Å²) in [7, 11) is 0. The Kier molecular flexibility index (Phi) is 5.33. The average Bonchev–Trinajstić information content (AvgIpc) is 3.21. The van der Waals surface area contributed by atoms with Gasteiger partial charge in [-0.05, 0) is 42.5 Å². The van der Waals surface area contributed by atoms with Crippen LogP contribution in [0, 0.1) is 5.82 Å². The molecule has 1 aromatic heterocycles. The first kappa shape index (κ1) is 21.0. The van der Waals surface area contributed by atoms with Crippen LogP contribution in [0.5, 0.6) is 0 Å². The first-order chi connectivity index (χ1) is 15.3. The first-order valence-corrected chi connectivity index (χ1v) is 9.43. The fourth-order valence-electron chi connectivity index (χ4n) is 3.08. The molecule has 1 aliphatic rings. The highest BCUT2D eigenvalue weighted by atomic mass is 35.5. The molecule has 8 nitrogen and oxygen atoms in total. The second kappa shape index (κ2) is 8.12. The zero-order chi connectivity index (χ0) is 23.0. The molecule has 32 heavy (non-hydrogen) atoms. The Morgan fingerprint density at radius 1 is 1.09 bits per heavy atom. The summed E-state index contributed by atoms with van der Waals surface area (Å²) >= 11 is 5.98. The second-order valence-corrected chi connectivity index (χ2v) is 7.02. The molecule has 0 saturated carbocycles. The van der Waals surface area contributed by atoms with E-state index >= 15 is 0 Å². The molecule has 3 aromatic rings. The van der Waals surface area contributed by atoms with Crippen LogP contribution >= 0.6 is 11.6 Å². The van der Waals surface area contributed by atoms with Crippen LogP contribution in [-0.4, -0.2) is 28.9 Å². The molecule has 4 rings (SSSR count). The SMILES string of the molecule is O=C1NC(=O)N(c2ccccc2F)C(=O)C1=Cc1ccc(-c2ccc(C(=O)O)c(Cl)c2)o1. The van der Waals surface area contributed by atoms with E-state index < -0.39 is 35.2 Å². The van der Waals surface area contributed by atoms with Gasteiger partial charge in [0.2, 0.25) is 0 Å². The number of benzene rings is 2. The van der Waals surface area contributed by atoms with Crippen molar-refractivity contribution in [1.29, 1.82) is 0 Å². The van der Waals surface area contributed by atoms with Gasteiger partial charge < -0.3 is 9.52 Å². The van der Waals surface area contributed by atoms with Gasteiger partial charge in [0, 0.05) is 5.56 Å². The molecule has 1 saturated heterocycles. The normalized spacial score (nSPS) is 15.2. The van der Waals surface area contributed by atoms with Crippen LogP contribution in [0.4, 0.5) is 14.9 Å². The molecule has 0 radical (unpaired) electrons. The monoisotopic (exact) mass is 454 g/mol. The van der Waals surface area contributed by atoms with Crippen molar-refractivity contribution in [2.45, 2.75) is 0 Å². The number of hydrogen-bond donors (Lipinski definition) is 2. The summed E-state index contributed by atoms with van der Waals surface area (Å²) in [5, 5.41) is 11.1. The maximum atomic E-state index is 14.1. The van der Waals surface area contributed by atoms with E-state index in [1.165, 1.54) is 48.5 Å². The Morgan fingerprint density at radius 2 is 1.84 bits per heavy atom. The summed E-state index contributed by atoms with van der Waals surface area (Å²) in [6.45, 7) is 0. The van der Waals surface area contributed by atoms with Crippen LogP contribution in [0.2, 0.25) is 5.02 Å². The van der Waals surface area contributed by atoms with E-state index in [0.29, 0.717) is 16.2 Å². The average molecular weight is 455 g/mol. The molecule has 0 aliphatic carbocycles. The van der Waals surface area contributed by atoms with Gasteiger partial charge in [0.15, 0.2) is 0 Å². The zero-order valence-corrected chi connectivity index (χ0v) is 16.7. The van der Waals surface area contributed by atoms with Gasteiger partial charge in [-0.1, -0.05) is 29.8 Å². The van der Waals surface area contributed by atoms with Crippen molar-refractivity contribution in [3.8, 4) is 11.3 Å². The van der Waals surface area contributed by atoms with Gasteiger partial charge in [-0.15, -0.1) is 0 Å². The Bertz CT molecular complexity index is 1330. The number of para-hydroxylation sites is 1. The van der Waals surface area contributed by atoms with Crippen molar-refractivity contribution in [3.05, 3.63) is 82.3 Å². The third-order valence-electron chi connectivity index (χ3n) is 4.59. The van der Waals surface area contributed by atoms with E-state index in [1.807, 2.05) is 5.32 Å². The lowest BCUT2D eigenvalue weighted by molar-refractivity contribution is -0.122. The zero-order valence-electron chi connectivity index (χ0n) is 16.0. The number of amides is 4. The number of carboxylic acid groups (broad SMARTS) is 1. The highest BCUT2D eigenvalue weighted by Gasteiger charge is 2.38. The van der Waals surface area contributed by atoms with Gasteiger partial charge in [0.25, 0.3) is 11.8 Å². The highest BCUT2D eigenvalue weighted by Crippen LogP contribution is 2.29. The minimum atomic E-state index is -1.18. The Balaban J connectivity index is 1.67. The smallest absolute Gasteiger partial charge is 0.337 e. The molecule has 0 bridgehead atoms. The topological polar surface area (TPSA) is 117 Å². The second-order valence-electron chi connectivity index (χ2n) is 6.61. The number of furan rings is 1. The summed E-state index contributed by atoms with van der Waals surface area (Å²) in [5.74, 6) is -3.58. The number of halogens is 2. The molecule has 160 valence electrons. The molecule has 1 aliphatic heterocycles. The van der Waals surface area contributed by atoms with Crippen LogP contribution in [-0.2, 0) is 9.59 Å². The number of nitrogens with one attached hydrogen (secondary N) is 1. The molecule has 2 heterocycles. The lowest BCUT2D eigenvalue weighted by atomic mass is 10.1. The third kappa shape index (κ3) is 3.77. The number of urea groups is 1. The molecule has 0 unspecified atom stereocenters. The van der Waals surface area contributed by atoms with E-state index in [4.69, 9.17) is 21.1 Å². The van der Waals surface area contributed by atoms with Gasteiger partial charge in [-0.2, -0.15) is 0 Å². The molecular weight excluding hydrogens is 443 g/mol. The maximum absolute atomic E-state index is 14.1. The largest absolute Gasteiger partial charge is 0.478 e.